The van der Waals surface area contributed by atoms with Crippen LogP contribution in [-0.4, -0.2) is 26.0 Å². The Balaban J connectivity index is 1.88. The largest absolute Gasteiger partial charge is 0.337 e. The number of aromatic amines is 1. The number of aryl methyl sites for hydroxylation is 1. The van der Waals surface area contributed by atoms with E-state index in [1.165, 1.54) is 12.1 Å². The fourth-order valence-corrected chi connectivity index (χ4v) is 2.91. The van der Waals surface area contributed by atoms with Gasteiger partial charge in [-0.15, -0.1) is 0 Å². The topological polar surface area (TPSA) is 114 Å². The molecule has 122 valence electrons. The van der Waals surface area contributed by atoms with Crippen molar-refractivity contribution in [2.45, 2.75) is 13.0 Å². The average Bonchev–Trinajstić information content (AvgIpc) is 3.22. The lowest BCUT2D eigenvalue weighted by Crippen LogP contribution is -2.29. The number of H-pyrrole nitrogens is 1. The molecule has 1 unspecified atom stereocenters. The maximum absolute atomic E-state index is 12.5. The van der Waals surface area contributed by atoms with Crippen LogP contribution in [0.2, 0.25) is 0 Å². The molecule has 0 saturated heterocycles. The zero-order chi connectivity index (χ0) is 17.1. The van der Waals surface area contributed by atoms with Crippen LogP contribution in [-0.2, 0) is 0 Å². The summed E-state index contributed by atoms with van der Waals surface area (Å²) in [7, 11) is 0. The van der Waals surface area contributed by atoms with Crippen molar-refractivity contribution < 1.29 is 9.72 Å². The fraction of sp³-hybridized carbons (Fsp3) is 0.133. The molecule has 3 rings (SSSR count). The van der Waals surface area contributed by atoms with Crippen molar-refractivity contribution in [3.8, 4) is 0 Å². The van der Waals surface area contributed by atoms with E-state index in [2.05, 4.69) is 20.5 Å². The molecule has 0 bridgehead atoms. The Kier molecular flexibility index (Phi) is 4.34. The van der Waals surface area contributed by atoms with Crippen LogP contribution in [0.4, 0.5) is 5.00 Å². The lowest BCUT2D eigenvalue weighted by molar-refractivity contribution is -0.380. The van der Waals surface area contributed by atoms with E-state index in [1.54, 1.807) is 6.92 Å². The molecule has 24 heavy (non-hydrogen) atoms. The predicted molar refractivity (Wildman–Crippen MR) is 87.8 cm³/mol. The minimum atomic E-state index is -0.551. The van der Waals surface area contributed by atoms with Gasteiger partial charge in [0.1, 0.15) is 11.9 Å². The normalized spacial score (nSPS) is 11.9. The van der Waals surface area contributed by atoms with Gasteiger partial charge in [-0.05, 0) is 18.6 Å². The van der Waals surface area contributed by atoms with E-state index in [9.17, 15) is 14.9 Å². The smallest absolute Gasteiger partial charge is 0.324 e. The lowest BCUT2D eigenvalue weighted by atomic mass is 10.1. The Morgan fingerprint density at radius 1 is 1.29 bits per heavy atom. The maximum Gasteiger partial charge on any atom is 0.324 e. The van der Waals surface area contributed by atoms with E-state index in [0.717, 1.165) is 16.9 Å². The summed E-state index contributed by atoms with van der Waals surface area (Å²) < 4.78 is 0. The van der Waals surface area contributed by atoms with Crippen LogP contribution < -0.4 is 5.32 Å². The first-order valence-corrected chi connectivity index (χ1v) is 7.85. The van der Waals surface area contributed by atoms with Crippen molar-refractivity contribution in [2.75, 3.05) is 0 Å². The monoisotopic (exact) mass is 343 g/mol. The molecular weight excluding hydrogens is 330 g/mol. The minimum Gasteiger partial charge on any atom is -0.337 e. The quantitative estimate of drug-likeness (QED) is 0.546. The molecule has 2 aromatic heterocycles. The molecule has 2 heterocycles. The number of thiophene rings is 1. The van der Waals surface area contributed by atoms with E-state index in [4.69, 9.17) is 0 Å². The first-order chi connectivity index (χ1) is 11.5. The molecular formula is C15H13N5O3S. The third-order valence-electron chi connectivity index (χ3n) is 3.28. The van der Waals surface area contributed by atoms with Gasteiger partial charge in [-0.1, -0.05) is 41.7 Å². The van der Waals surface area contributed by atoms with Crippen molar-refractivity contribution in [3.05, 3.63) is 74.7 Å². The van der Waals surface area contributed by atoms with Crippen LogP contribution in [0.25, 0.3) is 0 Å². The summed E-state index contributed by atoms with van der Waals surface area (Å²) in [6.07, 6.45) is 0. The number of carbonyl (C=O) groups excluding carboxylic acids is 1. The zero-order valence-electron chi connectivity index (χ0n) is 12.6. The summed E-state index contributed by atoms with van der Waals surface area (Å²) in [5.74, 6) is 0.648. The summed E-state index contributed by atoms with van der Waals surface area (Å²) in [4.78, 5) is 27.2. The predicted octanol–water partition coefficient (Wildman–Crippen LogP) is 2.60. The van der Waals surface area contributed by atoms with Crippen LogP contribution in [0.15, 0.2) is 42.5 Å². The van der Waals surface area contributed by atoms with E-state index in [0.29, 0.717) is 11.6 Å². The van der Waals surface area contributed by atoms with Gasteiger partial charge in [0.15, 0.2) is 5.82 Å². The van der Waals surface area contributed by atoms with Crippen molar-refractivity contribution in [1.82, 2.24) is 20.5 Å². The summed E-state index contributed by atoms with van der Waals surface area (Å²) in [5.41, 5.74) is 0.816. The number of nitro groups is 1. The van der Waals surface area contributed by atoms with Gasteiger partial charge < -0.3 is 5.32 Å². The molecule has 9 heteroatoms. The third-order valence-corrected chi connectivity index (χ3v) is 4.31. The van der Waals surface area contributed by atoms with Crippen LogP contribution in [0.3, 0.4) is 0 Å². The third kappa shape index (κ3) is 3.30. The van der Waals surface area contributed by atoms with Gasteiger partial charge in [0.05, 0.1) is 9.80 Å². The number of hydrogen-bond acceptors (Lipinski definition) is 6. The van der Waals surface area contributed by atoms with Gasteiger partial charge in [-0.25, -0.2) is 4.98 Å². The molecule has 8 nitrogen and oxygen atoms in total. The summed E-state index contributed by atoms with van der Waals surface area (Å²) in [6, 6.07) is 11.5. The number of rotatable bonds is 5. The van der Waals surface area contributed by atoms with Crippen molar-refractivity contribution in [1.29, 1.82) is 0 Å². The Bertz CT molecular complexity index is 874. The summed E-state index contributed by atoms with van der Waals surface area (Å²) >= 11 is 0.827. The highest BCUT2D eigenvalue weighted by Gasteiger charge is 2.23. The summed E-state index contributed by atoms with van der Waals surface area (Å²) in [6.45, 7) is 1.77. The second kappa shape index (κ2) is 6.59. The Morgan fingerprint density at radius 2 is 2.04 bits per heavy atom. The van der Waals surface area contributed by atoms with Crippen molar-refractivity contribution in [2.24, 2.45) is 0 Å². The zero-order valence-corrected chi connectivity index (χ0v) is 13.4. The Morgan fingerprint density at radius 3 is 2.62 bits per heavy atom. The molecule has 0 aliphatic carbocycles. The van der Waals surface area contributed by atoms with Gasteiger partial charge >= 0.3 is 5.00 Å². The fourth-order valence-electron chi connectivity index (χ4n) is 2.18. The van der Waals surface area contributed by atoms with Crippen LogP contribution in [0.1, 0.15) is 32.9 Å². The van der Waals surface area contributed by atoms with Crippen LogP contribution in [0.5, 0.6) is 0 Å². The van der Waals surface area contributed by atoms with Gasteiger partial charge in [-0.3, -0.25) is 20.0 Å². The molecule has 1 amide bonds. The minimum absolute atomic E-state index is 0.0786. The number of aromatic nitrogens is 3. The second-order valence-electron chi connectivity index (χ2n) is 4.99. The Labute approximate surface area is 140 Å². The van der Waals surface area contributed by atoms with E-state index < -0.39 is 16.9 Å². The number of hydrogen-bond donors (Lipinski definition) is 2. The first-order valence-electron chi connectivity index (χ1n) is 7.03. The van der Waals surface area contributed by atoms with Crippen molar-refractivity contribution >= 4 is 22.2 Å². The van der Waals surface area contributed by atoms with Crippen LogP contribution >= 0.6 is 11.3 Å². The SMILES string of the molecule is Cc1nc(C(NC(=O)c2ccc([N+](=O)[O-])s2)c2ccccc2)n[nH]1. The molecule has 3 aromatic rings. The van der Waals surface area contributed by atoms with E-state index >= 15 is 0 Å². The standard InChI is InChI=1S/C15H13N5O3S/c1-9-16-14(19-18-9)13(10-5-3-2-4-6-10)17-15(21)11-7-8-12(24-11)20(22)23/h2-8,13H,1H3,(H,17,21)(H,16,18,19). The molecule has 0 aliphatic heterocycles. The molecule has 0 saturated carbocycles. The molecule has 0 fully saturated rings. The summed E-state index contributed by atoms with van der Waals surface area (Å²) in [5, 5.41) is 20.4. The molecule has 1 aromatic carbocycles. The van der Waals surface area contributed by atoms with Gasteiger partial charge in [0.2, 0.25) is 0 Å². The first kappa shape index (κ1) is 15.8. The van der Waals surface area contributed by atoms with Crippen molar-refractivity contribution in [3.63, 3.8) is 0 Å². The molecule has 0 radical (unpaired) electrons. The molecule has 2 N–H and O–H groups in total. The highest BCUT2D eigenvalue weighted by Crippen LogP contribution is 2.25. The Hall–Kier alpha value is -3.07. The number of nitrogens with zero attached hydrogens (tertiary/aromatic N) is 3. The van der Waals surface area contributed by atoms with Gasteiger partial charge in [-0.2, -0.15) is 5.10 Å². The lowest BCUT2D eigenvalue weighted by Gasteiger charge is -2.15. The number of nitrogens with one attached hydrogen (secondary N) is 2. The number of amides is 1. The second-order valence-corrected chi connectivity index (χ2v) is 6.05. The highest BCUT2D eigenvalue weighted by atomic mass is 32.1. The van der Waals surface area contributed by atoms with E-state index in [1.807, 2.05) is 30.3 Å². The van der Waals surface area contributed by atoms with E-state index in [-0.39, 0.29) is 9.88 Å². The number of carbonyl (C=O) groups is 1. The van der Waals surface area contributed by atoms with Crippen LogP contribution in [0, 0.1) is 17.0 Å². The van der Waals surface area contributed by atoms with Gasteiger partial charge in [0.25, 0.3) is 5.91 Å². The highest BCUT2D eigenvalue weighted by molar-refractivity contribution is 7.17. The molecule has 0 spiro atoms. The molecule has 0 aliphatic rings. The maximum atomic E-state index is 12.5. The molecule has 1 atom stereocenters. The van der Waals surface area contributed by atoms with Gasteiger partial charge in [0, 0.05) is 6.07 Å². The number of benzene rings is 1. The average molecular weight is 343 g/mol.